The van der Waals surface area contributed by atoms with E-state index in [0.717, 1.165) is 0 Å². The molecule has 1 fully saturated rings. The number of Topliss-reactive ketones (excluding diaryl/α,β-unsaturated/α-hetero) is 1. The number of likely N-dealkylation sites (tertiary alicyclic amines) is 1. The van der Waals surface area contributed by atoms with Gasteiger partial charge < -0.3 is 31.5 Å². The lowest BCUT2D eigenvalue weighted by molar-refractivity contribution is -0.143. The third-order valence-corrected chi connectivity index (χ3v) is 9.44. The topological polar surface area (TPSA) is 169 Å². The van der Waals surface area contributed by atoms with Crippen molar-refractivity contribution in [2.24, 2.45) is 22.7 Å². The molecule has 2 unspecified atom stereocenters. The maximum atomic E-state index is 14.4. The summed E-state index contributed by atoms with van der Waals surface area (Å²) in [7, 11) is 1.71. The predicted molar refractivity (Wildman–Crippen MR) is 198 cm³/mol. The maximum Gasteiger partial charge on any atom is 0.590 e. The molecule has 1 saturated heterocycles. The molecule has 0 aromatic heterocycles. The molecule has 0 aliphatic carbocycles. The number of ketones is 1. The molecule has 0 radical (unpaired) electrons. The average Bonchev–Trinajstić information content (AvgIpc) is 3.49. The zero-order valence-corrected chi connectivity index (χ0v) is 32.5. The lowest BCUT2D eigenvalue weighted by Crippen LogP contribution is -2.61. The van der Waals surface area contributed by atoms with E-state index in [1.54, 1.807) is 11.4 Å². The van der Waals surface area contributed by atoms with Crippen LogP contribution in [0, 0.1) is 35.0 Å². The van der Waals surface area contributed by atoms with Crippen molar-refractivity contribution in [3.05, 3.63) is 12.7 Å². The van der Waals surface area contributed by atoms with Gasteiger partial charge in [-0.3, -0.25) is 19.2 Å². The first-order valence-corrected chi connectivity index (χ1v) is 18.2. The van der Waals surface area contributed by atoms with Crippen molar-refractivity contribution >= 4 is 41.4 Å². The molecule has 5 N–H and O–H groups in total. The van der Waals surface area contributed by atoms with Gasteiger partial charge in [0.1, 0.15) is 12.1 Å². The van der Waals surface area contributed by atoms with Crippen LogP contribution in [0.2, 0.25) is 0 Å². The van der Waals surface area contributed by atoms with Crippen LogP contribution in [0.3, 0.4) is 0 Å². The molecule has 0 aromatic carbocycles. The van der Waals surface area contributed by atoms with Crippen molar-refractivity contribution in [2.75, 3.05) is 39.8 Å². The normalized spacial score (nSPS) is 18.1. The van der Waals surface area contributed by atoms with Gasteiger partial charge in [-0.2, -0.15) is 0 Å². The summed E-state index contributed by atoms with van der Waals surface area (Å²) in [5, 5.41) is 14.5. The van der Waals surface area contributed by atoms with Gasteiger partial charge in [-0.1, -0.05) is 61.5 Å². The molecular formula is C36H62N7O6S+. The number of likely N-dealkylation sites (N-methyl/N-ethyl adjacent to an activating group) is 1. The van der Waals surface area contributed by atoms with Crippen molar-refractivity contribution < 1.29 is 28.2 Å². The van der Waals surface area contributed by atoms with Crippen molar-refractivity contribution in [1.29, 1.82) is 0 Å². The second-order valence-electron chi connectivity index (χ2n) is 15.6. The van der Waals surface area contributed by atoms with Crippen LogP contribution >= 0.6 is 0 Å². The van der Waals surface area contributed by atoms with Gasteiger partial charge in [0, 0.05) is 45.7 Å². The molecule has 13 nitrogen and oxygen atoms in total. The summed E-state index contributed by atoms with van der Waals surface area (Å²) in [6.45, 7) is 21.1. The quantitative estimate of drug-likeness (QED) is 0.0322. The van der Waals surface area contributed by atoms with Crippen LogP contribution in [0.15, 0.2) is 12.7 Å². The van der Waals surface area contributed by atoms with Gasteiger partial charge >= 0.3 is 17.9 Å². The highest BCUT2D eigenvalue weighted by atomic mass is 32.2. The minimum atomic E-state index is -1.09. The second kappa shape index (κ2) is 21.1. The van der Waals surface area contributed by atoms with Crippen LogP contribution in [-0.4, -0.2) is 103 Å². The number of unbranched alkanes of at least 4 members (excludes halogenated alkanes) is 2. The molecule has 1 aliphatic heterocycles. The Kier molecular flexibility index (Phi) is 18.8. The van der Waals surface area contributed by atoms with Gasteiger partial charge in [-0.05, 0) is 52.7 Å². The number of carbonyl (C=O) groups excluding carboxylic acids is 5. The van der Waals surface area contributed by atoms with Crippen LogP contribution in [0.5, 0.6) is 0 Å². The van der Waals surface area contributed by atoms with Gasteiger partial charge in [0.25, 0.3) is 5.91 Å². The lowest BCUT2D eigenvalue weighted by atomic mass is 9.85. The second-order valence-corrected chi connectivity index (χ2v) is 16.4. The Labute approximate surface area is 303 Å². The molecule has 1 aliphatic rings. The molecule has 5 atom stereocenters. The number of terminal acetylenes is 1. The zero-order valence-electron chi connectivity index (χ0n) is 31.6. The van der Waals surface area contributed by atoms with E-state index in [0.29, 0.717) is 63.7 Å². The molecule has 0 saturated carbocycles. The molecule has 14 heteroatoms. The van der Waals surface area contributed by atoms with Crippen molar-refractivity contribution in [3.8, 4) is 12.3 Å². The monoisotopic (exact) mass is 720 g/mol. The van der Waals surface area contributed by atoms with Crippen molar-refractivity contribution in [3.63, 3.8) is 0 Å². The van der Waals surface area contributed by atoms with Gasteiger partial charge in [0.2, 0.25) is 17.6 Å². The zero-order chi connectivity index (χ0) is 38.2. The van der Waals surface area contributed by atoms with E-state index in [9.17, 15) is 28.2 Å². The number of carbonyl (C=O) groups is 5. The summed E-state index contributed by atoms with van der Waals surface area (Å²) in [5.74, 6) is 0.185. The van der Waals surface area contributed by atoms with E-state index in [1.807, 2.05) is 55.4 Å². The van der Waals surface area contributed by atoms with E-state index < -0.39 is 53.1 Å². The molecular weight excluding hydrogens is 659 g/mol. The van der Waals surface area contributed by atoms with Gasteiger partial charge in [0.05, 0.1) is 16.8 Å². The van der Waals surface area contributed by atoms with Crippen LogP contribution in [-0.2, 0) is 35.2 Å². The van der Waals surface area contributed by atoms with Gasteiger partial charge in [0.15, 0.2) is 0 Å². The number of rotatable bonds is 20. The third kappa shape index (κ3) is 14.8. The number of hydrogen-bond acceptors (Lipinski definition) is 7. The Morgan fingerprint density at radius 1 is 1.04 bits per heavy atom. The highest BCUT2D eigenvalue weighted by Gasteiger charge is 2.46. The third-order valence-electron chi connectivity index (χ3n) is 9.01. The van der Waals surface area contributed by atoms with E-state index in [-0.39, 0.29) is 36.3 Å². The molecule has 0 spiro atoms. The van der Waals surface area contributed by atoms with E-state index in [1.165, 1.54) is 11.0 Å². The minimum Gasteiger partial charge on any atom is -0.346 e. The number of nitrogens with zero attached hydrogens (tertiary/aromatic N) is 2. The smallest absolute Gasteiger partial charge is 0.346 e. The molecule has 282 valence electrons. The Balaban J connectivity index is 3.26. The molecule has 1 rings (SSSR count). The summed E-state index contributed by atoms with van der Waals surface area (Å²) in [6, 6.07) is -3.80. The highest BCUT2D eigenvalue weighted by molar-refractivity contribution is 7.62. The van der Waals surface area contributed by atoms with E-state index >= 15 is 0 Å². The summed E-state index contributed by atoms with van der Waals surface area (Å²) in [5.41, 5.74) is -1.05. The first-order valence-electron chi connectivity index (χ1n) is 17.5. The largest absolute Gasteiger partial charge is 0.590 e. The molecule has 0 aromatic rings. The van der Waals surface area contributed by atoms with Crippen molar-refractivity contribution in [1.82, 2.24) is 35.8 Å². The number of urea groups is 1. The first kappa shape index (κ1) is 44.6. The number of hydrogen-bond donors (Lipinski definition) is 5. The fraction of sp³-hybridized carbons (Fsp3) is 0.750. The van der Waals surface area contributed by atoms with E-state index in [4.69, 9.17) is 6.42 Å². The number of amides is 5. The predicted octanol–water partition coefficient (Wildman–Crippen LogP) is 2.40. The highest BCUT2D eigenvalue weighted by Crippen LogP contribution is 2.32. The van der Waals surface area contributed by atoms with Crippen LogP contribution in [0.25, 0.3) is 0 Å². The molecule has 5 amide bonds. The van der Waals surface area contributed by atoms with Gasteiger partial charge in [-0.15, -0.1) is 18.9 Å². The average molecular weight is 721 g/mol. The summed E-state index contributed by atoms with van der Waals surface area (Å²) in [6.07, 6.45) is 9.06. The summed E-state index contributed by atoms with van der Waals surface area (Å²) in [4.78, 5) is 69.1. The first-order chi connectivity index (χ1) is 23.3. The Morgan fingerprint density at radius 2 is 1.70 bits per heavy atom. The fourth-order valence-electron chi connectivity index (χ4n) is 5.61. The van der Waals surface area contributed by atoms with E-state index in [2.05, 4.69) is 39.1 Å². The Hall–Kier alpha value is -3.41. The maximum absolute atomic E-state index is 14.4. The fourth-order valence-corrected chi connectivity index (χ4v) is 5.77. The van der Waals surface area contributed by atoms with Crippen LogP contribution < -0.4 is 26.6 Å². The summed E-state index contributed by atoms with van der Waals surface area (Å²) < 4.78 is 12.5. The molecule has 0 bridgehead atoms. The standard InChI is InChI=1S/C36H61N7O6S/c1-12-14-15-16-17-26(29(44)32(46)38-18-13-2)39-31(45)27-21-25(24(3)4)23-43(27)33(47)30(36(8,9)10)41-34(48)40-28(35(5,6)7)22-37-19-20-42(11)50-49/h1,13,24-28,30,37H,2,14-23H2,3-11H3,(H3-,38,39,40,41,45,46,48)/p+1/t25?,26?,27-,28+,30+/m0/s1. The molecule has 50 heavy (non-hydrogen) atoms. The Morgan fingerprint density at radius 3 is 2.24 bits per heavy atom. The summed E-state index contributed by atoms with van der Waals surface area (Å²) >= 11 is 0.400. The SMILES string of the molecule is C#CCCCCC(NC(=O)[C@@H]1CC(C(C)C)CN1C(=O)[C@@H](NC(=O)N[C@H](CNCCN(C)[S+]=O)C(C)(C)C)C(C)(C)C)C(=O)C(=O)NCC=C. The van der Waals surface area contributed by atoms with Crippen LogP contribution in [0.1, 0.15) is 87.5 Å². The molecule has 1 heterocycles. The van der Waals surface area contributed by atoms with Gasteiger partial charge in [-0.25, -0.2) is 4.79 Å². The Bertz CT molecular complexity index is 1220. The lowest BCUT2D eigenvalue weighted by Gasteiger charge is -2.37. The van der Waals surface area contributed by atoms with Crippen LogP contribution in [0.4, 0.5) is 4.79 Å². The van der Waals surface area contributed by atoms with Crippen molar-refractivity contribution in [2.45, 2.75) is 112 Å². The number of nitrogens with one attached hydrogen (secondary N) is 5. The minimum absolute atomic E-state index is 0.000203.